The first-order valence-electron chi connectivity index (χ1n) is 8.83. The van der Waals surface area contributed by atoms with E-state index in [-0.39, 0.29) is 5.91 Å². The van der Waals surface area contributed by atoms with Gasteiger partial charge in [-0.3, -0.25) is 4.79 Å². The van der Waals surface area contributed by atoms with Crippen molar-refractivity contribution in [3.8, 4) is 11.3 Å². The first-order valence-corrected chi connectivity index (χ1v) is 8.83. The van der Waals surface area contributed by atoms with Crippen LogP contribution in [0.5, 0.6) is 0 Å². The van der Waals surface area contributed by atoms with Crippen LogP contribution >= 0.6 is 0 Å². The SMILES string of the molecule is Cc1cccc(NC(=O)c2c(C)c(-c3ccccc3)nc3ccccc23)n1. The van der Waals surface area contributed by atoms with Crippen LogP contribution in [0.2, 0.25) is 0 Å². The molecule has 0 saturated heterocycles. The number of aryl methyl sites for hydroxylation is 1. The van der Waals surface area contributed by atoms with E-state index in [2.05, 4.69) is 10.3 Å². The van der Waals surface area contributed by atoms with Crippen molar-refractivity contribution in [1.29, 1.82) is 0 Å². The van der Waals surface area contributed by atoms with Gasteiger partial charge >= 0.3 is 0 Å². The second-order valence-electron chi connectivity index (χ2n) is 6.46. The minimum absolute atomic E-state index is 0.179. The normalized spacial score (nSPS) is 10.7. The molecular weight excluding hydrogens is 334 g/mol. The van der Waals surface area contributed by atoms with Crippen molar-refractivity contribution in [2.24, 2.45) is 0 Å². The van der Waals surface area contributed by atoms with Crippen LogP contribution in [-0.4, -0.2) is 15.9 Å². The molecule has 4 heteroatoms. The van der Waals surface area contributed by atoms with Crippen molar-refractivity contribution in [3.05, 3.63) is 89.6 Å². The molecule has 0 radical (unpaired) electrons. The summed E-state index contributed by atoms with van der Waals surface area (Å²) in [5.74, 6) is 0.364. The van der Waals surface area contributed by atoms with Gasteiger partial charge in [0, 0.05) is 16.6 Å². The molecule has 0 spiro atoms. The molecule has 2 heterocycles. The highest BCUT2D eigenvalue weighted by atomic mass is 16.1. The summed E-state index contributed by atoms with van der Waals surface area (Å²) in [5.41, 5.74) is 4.94. The molecular formula is C23H19N3O. The molecule has 1 N–H and O–H groups in total. The third-order valence-electron chi connectivity index (χ3n) is 4.54. The van der Waals surface area contributed by atoms with E-state index < -0.39 is 0 Å². The van der Waals surface area contributed by atoms with Crippen LogP contribution in [0.25, 0.3) is 22.2 Å². The highest BCUT2D eigenvalue weighted by molar-refractivity contribution is 6.14. The largest absolute Gasteiger partial charge is 0.307 e. The lowest BCUT2D eigenvalue weighted by molar-refractivity contribution is 0.102. The zero-order valence-corrected chi connectivity index (χ0v) is 15.2. The molecule has 0 unspecified atom stereocenters. The van der Waals surface area contributed by atoms with Gasteiger partial charge in [0.15, 0.2) is 0 Å². The smallest absolute Gasteiger partial charge is 0.257 e. The molecule has 132 valence electrons. The summed E-state index contributed by atoms with van der Waals surface area (Å²) in [4.78, 5) is 22.4. The molecule has 2 aromatic heterocycles. The van der Waals surface area contributed by atoms with Gasteiger partial charge in [0.25, 0.3) is 5.91 Å². The van der Waals surface area contributed by atoms with Crippen LogP contribution in [-0.2, 0) is 0 Å². The number of rotatable bonds is 3. The van der Waals surface area contributed by atoms with E-state index in [9.17, 15) is 4.79 Å². The summed E-state index contributed by atoms with van der Waals surface area (Å²) in [5, 5.41) is 3.77. The van der Waals surface area contributed by atoms with Crippen LogP contribution in [0.1, 0.15) is 21.6 Å². The second kappa shape index (κ2) is 7.00. The number of hydrogen-bond acceptors (Lipinski definition) is 3. The number of amides is 1. The van der Waals surface area contributed by atoms with Crippen molar-refractivity contribution < 1.29 is 4.79 Å². The molecule has 4 nitrogen and oxygen atoms in total. The highest BCUT2D eigenvalue weighted by Gasteiger charge is 2.19. The minimum Gasteiger partial charge on any atom is -0.307 e. The Kier molecular flexibility index (Phi) is 4.38. The Bertz CT molecular complexity index is 1140. The van der Waals surface area contributed by atoms with E-state index >= 15 is 0 Å². The van der Waals surface area contributed by atoms with Crippen molar-refractivity contribution >= 4 is 22.6 Å². The lowest BCUT2D eigenvalue weighted by Gasteiger charge is -2.14. The summed E-state index contributed by atoms with van der Waals surface area (Å²) in [6.45, 7) is 3.84. The Hall–Kier alpha value is -3.53. The first-order chi connectivity index (χ1) is 13.1. The van der Waals surface area contributed by atoms with Crippen molar-refractivity contribution in [2.75, 3.05) is 5.32 Å². The van der Waals surface area contributed by atoms with E-state index in [0.717, 1.165) is 33.4 Å². The molecule has 0 bridgehead atoms. The summed E-state index contributed by atoms with van der Waals surface area (Å²) in [6.07, 6.45) is 0. The number of fused-ring (bicyclic) bond motifs is 1. The van der Waals surface area contributed by atoms with Crippen molar-refractivity contribution in [1.82, 2.24) is 9.97 Å². The van der Waals surface area contributed by atoms with Crippen molar-refractivity contribution in [3.63, 3.8) is 0 Å². The van der Waals surface area contributed by atoms with Gasteiger partial charge in [-0.15, -0.1) is 0 Å². The van der Waals surface area contributed by atoms with Crippen LogP contribution in [0, 0.1) is 13.8 Å². The first kappa shape index (κ1) is 16.9. The molecule has 27 heavy (non-hydrogen) atoms. The topological polar surface area (TPSA) is 54.9 Å². The lowest BCUT2D eigenvalue weighted by atomic mass is 9.97. The van der Waals surface area contributed by atoms with E-state index in [1.54, 1.807) is 6.07 Å². The molecule has 0 saturated carbocycles. The average Bonchev–Trinajstić information content (AvgIpc) is 2.68. The number of carbonyl (C=O) groups excluding carboxylic acids is 1. The van der Waals surface area contributed by atoms with Crippen molar-refractivity contribution in [2.45, 2.75) is 13.8 Å². The summed E-state index contributed by atoms with van der Waals surface area (Å²) in [7, 11) is 0. The fourth-order valence-electron chi connectivity index (χ4n) is 3.27. The van der Waals surface area contributed by atoms with Crippen LogP contribution in [0.15, 0.2) is 72.8 Å². The van der Waals surface area contributed by atoms with Crippen LogP contribution < -0.4 is 5.32 Å². The number of nitrogens with zero attached hydrogens (tertiary/aromatic N) is 2. The van der Waals surface area contributed by atoms with Crippen LogP contribution in [0.4, 0.5) is 5.82 Å². The maximum absolute atomic E-state index is 13.2. The Morgan fingerprint density at radius 3 is 2.33 bits per heavy atom. The molecule has 2 aromatic carbocycles. The van der Waals surface area contributed by atoms with E-state index in [1.165, 1.54) is 0 Å². The third-order valence-corrected chi connectivity index (χ3v) is 4.54. The van der Waals surface area contributed by atoms with E-state index in [0.29, 0.717) is 11.4 Å². The number of pyridine rings is 2. The quantitative estimate of drug-likeness (QED) is 0.553. The predicted molar refractivity (Wildman–Crippen MR) is 109 cm³/mol. The Morgan fingerprint density at radius 1 is 0.815 bits per heavy atom. The molecule has 0 aliphatic heterocycles. The number of para-hydroxylation sites is 1. The van der Waals surface area contributed by atoms with Gasteiger partial charge in [0.05, 0.1) is 16.8 Å². The molecule has 0 atom stereocenters. The second-order valence-corrected chi connectivity index (χ2v) is 6.46. The highest BCUT2D eigenvalue weighted by Crippen LogP contribution is 2.30. The average molecular weight is 353 g/mol. The number of benzene rings is 2. The number of anilines is 1. The molecule has 0 aliphatic carbocycles. The number of nitrogens with one attached hydrogen (secondary N) is 1. The number of carbonyl (C=O) groups is 1. The van der Waals surface area contributed by atoms with Gasteiger partial charge in [0.1, 0.15) is 5.82 Å². The Balaban J connectivity index is 1.88. The minimum atomic E-state index is -0.179. The molecule has 0 aliphatic rings. The maximum Gasteiger partial charge on any atom is 0.257 e. The van der Waals surface area contributed by atoms with Gasteiger partial charge in [-0.1, -0.05) is 54.6 Å². The fourth-order valence-corrected chi connectivity index (χ4v) is 3.27. The Labute approximate surface area is 157 Å². The molecule has 4 rings (SSSR count). The third kappa shape index (κ3) is 3.29. The van der Waals surface area contributed by atoms with Crippen LogP contribution in [0.3, 0.4) is 0 Å². The maximum atomic E-state index is 13.2. The molecule has 0 fully saturated rings. The Morgan fingerprint density at radius 2 is 1.56 bits per heavy atom. The standard InChI is InChI=1S/C23H19N3O/c1-15-9-8-14-20(24-15)26-23(27)21-16(2)22(17-10-4-3-5-11-17)25-19-13-7-6-12-18(19)21/h3-14H,1-2H3,(H,24,26,27). The van der Waals surface area contributed by atoms with Gasteiger partial charge in [0.2, 0.25) is 0 Å². The predicted octanol–water partition coefficient (Wildman–Crippen LogP) is 5.17. The molecule has 1 amide bonds. The summed E-state index contributed by atoms with van der Waals surface area (Å²) < 4.78 is 0. The summed E-state index contributed by atoms with van der Waals surface area (Å²) >= 11 is 0. The summed E-state index contributed by atoms with van der Waals surface area (Å²) in [6, 6.07) is 23.2. The zero-order chi connectivity index (χ0) is 18.8. The number of aromatic nitrogens is 2. The number of hydrogen-bond donors (Lipinski definition) is 1. The van der Waals surface area contributed by atoms with Gasteiger partial charge in [-0.2, -0.15) is 0 Å². The lowest BCUT2D eigenvalue weighted by Crippen LogP contribution is -2.16. The molecule has 4 aromatic rings. The van der Waals surface area contributed by atoms with Gasteiger partial charge < -0.3 is 5.32 Å². The van der Waals surface area contributed by atoms with Gasteiger partial charge in [-0.25, -0.2) is 9.97 Å². The van der Waals surface area contributed by atoms with E-state index in [1.807, 2.05) is 80.6 Å². The van der Waals surface area contributed by atoms with E-state index in [4.69, 9.17) is 4.98 Å². The monoisotopic (exact) mass is 353 g/mol. The zero-order valence-electron chi connectivity index (χ0n) is 15.2. The fraction of sp³-hybridized carbons (Fsp3) is 0.0870. The van der Waals surface area contributed by atoms with Gasteiger partial charge in [-0.05, 0) is 37.6 Å².